The third-order valence-corrected chi connectivity index (χ3v) is 10.1. The summed E-state index contributed by atoms with van der Waals surface area (Å²) < 4.78 is 34.9. The van der Waals surface area contributed by atoms with Gasteiger partial charge in [0.1, 0.15) is 19.3 Å². The second kappa shape index (κ2) is 46.6. The molecule has 0 aliphatic carbocycles. The van der Waals surface area contributed by atoms with E-state index in [1.54, 1.807) is 0 Å². The number of nitrogens with zero attached hydrogens (tertiary/aromatic N) is 1. The highest BCUT2D eigenvalue weighted by Gasteiger charge is 2.26. The Morgan fingerprint density at radius 2 is 0.815 bits per heavy atom. The fourth-order valence-corrected chi connectivity index (χ4v) is 6.18. The zero-order chi connectivity index (χ0) is 47.6. The number of carbonyl (C=O) groups excluding carboxylic acids is 1. The number of allylic oxidation sites excluding steroid dienone is 26. The highest BCUT2D eigenvalue weighted by molar-refractivity contribution is 7.47. The predicted molar refractivity (Wildman–Crippen MR) is 279 cm³/mol. The first-order valence-electron chi connectivity index (χ1n) is 24.2. The second-order valence-corrected chi connectivity index (χ2v) is 17.8. The number of esters is 1. The lowest BCUT2D eigenvalue weighted by molar-refractivity contribution is -0.870. The van der Waals surface area contributed by atoms with Gasteiger partial charge in [-0.25, -0.2) is 4.57 Å². The molecule has 0 aromatic carbocycles. The minimum atomic E-state index is -4.33. The van der Waals surface area contributed by atoms with Crippen molar-refractivity contribution in [3.8, 4) is 0 Å². The minimum Gasteiger partial charge on any atom is -0.457 e. The average Bonchev–Trinajstić information content (AvgIpc) is 3.27. The number of hydrogen-bond donors (Lipinski definition) is 1. The molecular weight excluding hydrogens is 830 g/mol. The largest absolute Gasteiger partial charge is 0.472 e. The van der Waals surface area contributed by atoms with Crippen molar-refractivity contribution in [2.75, 3.05) is 54.1 Å². The third kappa shape index (κ3) is 51.0. The summed E-state index contributed by atoms with van der Waals surface area (Å²) >= 11 is 0. The van der Waals surface area contributed by atoms with Crippen LogP contribution in [0, 0.1) is 0 Å². The number of ether oxygens (including phenoxy) is 2. The second-order valence-electron chi connectivity index (χ2n) is 16.4. The van der Waals surface area contributed by atoms with Crippen LogP contribution in [0.5, 0.6) is 0 Å². The van der Waals surface area contributed by atoms with Crippen LogP contribution in [0.15, 0.2) is 158 Å². The molecule has 2 atom stereocenters. The number of phosphoric acid groups is 1. The van der Waals surface area contributed by atoms with Gasteiger partial charge < -0.3 is 18.9 Å². The number of unbranched alkanes of at least 4 members (excludes halogenated alkanes) is 2. The van der Waals surface area contributed by atoms with Crippen molar-refractivity contribution < 1.29 is 37.3 Å². The maximum atomic E-state index is 12.7. The molecule has 0 aliphatic rings. The number of likely N-dealkylation sites (N-methyl/N-ethyl adjacent to an activating group) is 1. The molecule has 0 bridgehead atoms. The summed E-state index contributed by atoms with van der Waals surface area (Å²) in [6.07, 6.45) is 71.7. The first-order chi connectivity index (χ1) is 31.6. The molecule has 0 heterocycles. The van der Waals surface area contributed by atoms with Crippen molar-refractivity contribution >= 4 is 13.8 Å². The molecule has 9 heteroatoms. The summed E-state index contributed by atoms with van der Waals surface area (Å²) in [5, 5.41) is 0. The van der Waals surface area contributed by atoms with E-state index in [1.165, 1.54) is 0 Å². The molecule has 8 nitrogen and oxygen atoms in total. The van der Waals surface area contributed by atoms with Gasteiger partial charge in [0.15, 0.2) is 0 Å². The molecule has 65 heavy (non-hydrogen) atoms. The Labute approximate surface area is 397 Å². The number of carbonyl (C=O) groups is 1. The van der Waals surface area contributed by atoms with Crippen LogP contribution in [-0.2, 0) is 27.9 Å². The first kappa shape index (κ1) is 61.1. The van der Waals surface area contributed by atoms with E-state index in [-0.39, 0.29) is 26.2 Å². The normalized spacial score (nSPS) is 15.0. The third-order valence-electron chi connectivity index (χ3n) is 9.09. The van der Waals surface area contributed by atoms with E-state index in [0.29, 0.717) is 24.1 Å². The minimum absolute atomic E-state index is 0.0558. The summed E-state index contributed by atoms with van der Waals surface area (Å²) in [5.41, 5.74) is 0. The van der Waals surface area contributed by atoms with Crippen molar-refractivity contribution in [2.45, 2.75) is 136 Å². The van der Waals surface area contributed by atoms with Crippen molar-refractivity contribution in [3.05, 3.63) is 158 Å². The number of phosphoric ester groups is 1. The van der Waals surface area contributed by atoms with Crippen LogP contribution in [0.25, 0.3) is 0 Å². The summed E-state index contributed by atoms with van der Waals surface area (Å²) in [5.74, 6) is -0.399. The Morgan fingerprint density at radius 1 is 0.477 bits per heavy atom. The maximum absolute atomic E-state index is 12.7. The van der Waals surface area contributed by atoms with Gasteiger partial charge in [0.2, 0.25) is 0 Å². The zero-order valence-corrected chi connectivity index (χ0v) is 42.0. The van der Waals surface area contributed by atoms with E-state index >= 15 is 0 Å². The van der Waals surface area contributed by atoms with Gasteiger partial charge in [-0.05, 0) is 109 Å². The molecule has 0 rings (SSSR count). The van der Waals surface area contributed by atoms with Crippen molar-refractivity contribution in [1.82, 2.24) is 0 Å². The summed E-state index contributed by atoms with van der Waals surface area (Å²) in [6, 6.07) is 0. The van der Waals surface area contributed by atoms with Crippen LogP contribution in [0.3, 0.4) is 0 Å². The van der Waals surface area contributed by atoms with E-state index in [2.05, 4.69) is 172 Å². The molecule has 0 spiro atoms. The maximum Gasteiger partial charge on any atom is 0.472 e. The highest BCUT2D eigenvalue weighted by atomic mass is 31.2. The first-order valence-corrected chi connectivity index (χ1v) is 25.7. The molecule has 2 unspecified atom stereocenters. The van der Waals surface area contributed by atoms with Gasteiger partial charge in [0.25, 0.3) is 0 Å². The van der Waals surface area contributed by atoms with Crippen LogP contribution in [-0.4, -0.2) is 75.6 Å². The van der Waals surface area contributed by atoms with Gasteiger partial charge in [-0.15, -0.1) is 0 Å². The lowest BCUT2D eigenvalue weighted by Crippen LogP contribution is -2.37. The quantitative estimate of drug-likeness (QED) is 0.0214. The van der Waals surface area contributed by atoms with Gasteiger partial charge >= 0.3 is 13.8 Å². The molecular formula is C56H89NO7P+. The van der Waals surface area contributed by atoms with Gasteiger partial charge in [0.05, 0.1) is 34.4 Å². The van der Waals surface area contributed by atoms with Gasteiger partial charge in [-0.3, -0.25) is 13.8 Å². The fourth-order valence-electron chi connectivity index (χ4n) is 5.44. The van der Waals surface area contributed by atoms with E-state index < -0.39 is 19.9 Å². The van der Waals surface area contributed by atoms with E-state index in [0.717, 1.165) is 103 Å². The molecule has 0 aromatic rings. The Kier molecular flexibility index (Phi) is 43.9. The molecule has 0 fully saturated rings. The summed E-state index contributed by atoms with van der Waals surface area (Å²) in [6.45, 7) is 5.10. The Morgan fingerprint density at radius 3 is 1.17 bits per heavy atom. The molecule has 0 aliphatic heterocycles. The standard InChI is InChI=1S/C56H88NO7P/c1-6-8-10-12-14-16-18-20-22-24-26-28-29-30-31-33-35-37-39-41-43-45-47-49-56(58)64-55(54-63-65(59,60)62-52-50-57(3,4)5)53-61-51-48-46-44-42-40-38-36-34-32-27-25-23-21-19-17-15-13-11-9-7-2/h8-11,14-17,20-23,26-28,30-32,35-38,41-44,55H,6-7,12-13,18-19,24-25,29,33-34,39-40,45-54H2,1-5H3/p+1/b10-8-,11-9-,16-14-,17-15-,22-20-,23-21-,28-26-,31-30-,32-27-,37-35-,38-36-,43-41-,44-42-. The predicted octanol–water partition coefficient (Wildman–Crippen LogP) is 15.0. The number of hydrogen-bond acceptors (Lipinski definition) is 6. The fraction of sp³-hybridized carbons (Fsp3) is 0.518. The molecule has 0 aromatic heterocycles. The number of rotatable bonds is 42. The Balaban J connectivity index is 4.45. The summed E-state index contributed by atoms with van der Waals surface area (Å²) in [7, 11) is 1.56. The van der Waals surface area contributed by atoms with Crippen molar-refractivity contribution in [2.24, 2.45) is 0 Å². The molecule has 0 radical (unpaired) electrons. The average molecular weight is 919 g/mol. The van der Waals surface area contributed by atoms with Crippen LogP contribution >= 0.6 is 7.82 Å². The van der Waals surface area contributed by atoms with Gasteiger partial charge in [-0.2, -0.15) is 0 Å². The highest BCUT2D eigenvalue weighted by Crippen LogP contribution is 2.43. The summed E-state index contributed by atoms with van der Waals surface area (Å²) in [4.78, 5) is 22.9. The van der Waals surface area contributed by atoms with Crippen molar-refractivity contribution in [3.63, 3.8) is 0 Å². The lowest BCUT2D eigenvalue weighted by Gasteiger charge is -2.24. The lowest BCUT2D eigenvalue weighted by atomic mass is 10.2. The van der Waals surface area contributed by atoms with Crippen LogP contribution in [0.1, 0.15) is 129 Å². The van der Waals surface area contributed by atoms with E-state index in [4.69, 9.17) is 18.5 Å². The van der Waals surface area contributed by atoms with E-state index in [9.17, 15) is 14.3 Å². The number of quaternary nitrogens is 1. The monoisotopic (exact) mass is 919 g/mol. The SMILES string of the molecule is CC/C=C\C/C=C\C/C=C\C/C=C\C/C=C\C/C=C\C/C=C\CCCC(=O)OC(COCCC/C=C\C/C=C\C/C=C\C/C=C\C/C=C\C/C=C\CC)COP(=O)(O)OCC[N+](C)(C)C. The molecule has 364 valence electrons. The molecule has 0 amide bonds. The van der Waals surface area contributed by atoms with Crippen molar-refractivity contribution in [1.29, 1.82) is 0 Å². The topological polar surface area (TPSA) is 91.3 Å². The van der Waals surface area contributed by atoms with Crippen LogP contribution < -0.4 is 0 Å². The molecule has 0 saturated heterocycles. The van der Waals surface area contributed by atoms with Gasteiger partial charge in [-0.1, -0.05) is 172 Å². The van der Waals surface area contributed by atoms with Gasteiger partial charge in [0, 0.05) is 13.0 Å². The Hall–Kier alpha value is -3.88. The zero-order valence-electron chi connectivity index (χ0n) is 41.1. The molecule has 1 N–H and O–H groups in total. The van der Waals surface area contributed by atoms with E-state index in [1.807, 2.05) is 21.1 Å². The smallest absolute Gasteiger partial charge is 0.457 e. The Bertz CT molecular complexity index is 1580. The van der Waals surface area contributed by atoms with Crippen LogP contribution in [0.2, 0.25) is 0 Å². The van der Waals surface area contributed by atoms with Crippen LogP contribution in [0.4, 0.5) is 0 Å². The molecule has 0 saturated carbocycles.